The van der Waals surface area contributed by atoms with Gasteiger partial charge in [-0.3, -0.25) is 4.79 Å². The highest BCUT2D eigenvalue weighted by Gasteiger charge is 2.08. The van der Waals surface area contributed by atoms with Gasteiger partial charge in [0.2, 0.25) is 5.91 Å². The number of hydrogen-bond donors (Lipinski definition) is 1. The van der Waals surface area contributed by atoms with E-state index in [1.54, 1.807) is 11.8 Å². The van der Waals surface area contributed by atoms with Gasteiger partial charge in [-0.15, -0.1) is 0 Å². The van der Waals surface area contributed by atoms with Gasteiger partial charge < -0.3 is 5.32 Å². The summed E-state index contributed by atoms with van der Waals surface area (Å²) in [6, 6.07) is 0. The van der Waals surface area contributed by atoms with Gasteiger partial charge in [0.25, 0.3) is 0 Å². The molecule has 0 saturated heterocycles. The summed E-state index contributed by atoms with van der Waals surface area (Å²) in [5, 5.41) is 4.04. The lowest BCUT2D eigenvalue weighted by atomic mass is 10.0. The second-order valence-corrected chi connectivity index (χ2v) is 5.46. The molecule has 0 aromatic rings. The van der Waals surface area contributed by atoms with Crippen molar-refractivity contribution in [1.29, 1.82) is 0 Å². The molecule has 1 atom stereocenters. The van der Waals surface area contributed by atoms with E-state index in [1.165, 1.54) is 12.8 Å². The third-order valence-corrected chi connectivity index (χ3v) is 3.41. The Morgan fingerprint density at radius 2 is 2.20 bits per heavy atom. The maximum absolute atomic E-state index is 11.4. The molecule has 0 spiro atoms. The molecule has 0 heterocycles. The van der Waals surface area contributed by atoms with Crippen LogP contribution in [0.25, 0.3) is 0 Å². The molecule has 15 heavy (non-hydrogen) atoms. The van der Waals surface area contributed by atoms with Crippen LogP contribution in [0.5, 0.6) is 0 Å². The van der Waals surface area contributed by atoms with E-state index in [-0.39, 0.29) is 5.91 Å². The smallest absolute Gasteiger partial charge is 0.220 e. The van der Waals surface area contributed by atoms with Gasteiger partial charge in [-0.1, -0.05) is 29.3 Å². The van der Waals surface area contributed by atoms with Crippen molar-refractivity contribution in [2.45, 2.75) is 32.6 Å². The molecule has 1 unspecified atom stereocenters. The van der Waals surface area contributed by atoms with Crippen LogP contribution in [0.1, 0.15) is 32.6 Å². The minimum atomic E-state index is 0.194. The first kappa shape index (κ1) is 15.3. The van der Waals surface area contributed by atoms with Crippen molar-refractivity contribution in [3.05, 3.63) is 0 Å². The van der Waals surface area contributed by atoms with Crippen LogP contribution in [0.2, 0.25) is 0 Å². The molecule has 0 aliphatic heterocycles. The molecule has 0 bridgehead atoms. The highest BCUT2D eigenvalue weighted by molar-refractivity contribution is 9.09. The van der Waals surface area contributed by atoms with Gasteiger partial charge in [0.15, 0.2) is 0 Å². The number of halogens is 1. The summed E-state index contributed by atoms with van der Waals surface area (Å²) in [6.45, 7) is 3.03. The van der Waals surface area contributed by atoms with Gasteiger partial charge >= 0.3 is 0 Å². The predicted molar refractivity (Wildman–Crippen MR) is 72.8 cm³/mol. The van der Waals surface area contributed by atoms with E-state index < -0.39 is 0 Å². The number of carbonyl (C=O) groups is 1. The molecule has 4 heteroatoms. The van der Waals surface area contributed by atoms with Gasteiger partial charge in [0.05, 0.1) is 0 Å². The zero-order valence-corrected chi connectivity index (χ0v) is 12.1. The normalized spacial score (nSPS) is 12.5. The zero-order chi connectivity index (χ0) is 11.5. The van der Waals surface area contributed by atoms with Crippen molar-refractivity contribution in [2.24, 2.45) is 5.92 Å². The molecule has 0 saturated carbocycles. The minimum absolute atomic E-state index is 0.194. The van der Waals surface area contributed by atoms with E-state index >= 15 is 0 Å². The number of carbonyl (C=O) groups excluding carboxylic acids is 1. The molecular weight excluding hydrogens is 274 g/mol. The van der Waals surface area contributed by atoms with Gasteiger partial charge in [0.1, 0.15) is 0 Å². The summed E-state index contributed by atoms with van der Waals surface area (Å²) in [6.07, 6.45) is 6.22. The Bertz CT molecular complexity index is 161. The number of nitrogens with one attached hydrogen (secondary N) is 1. The van der Waals surface area contributed by atoms with Crippen LogP contribution in [0, 0.1) is 5.92 Å². The van der Waals surface area contributed by atoms with Crippen LogP contribution in [-0.2, 0) is 4.79 Å². The highest BCUT2D eigenvalue weighted by Crippen LogP contribution is 2.11. The van der Waals surface area contributed by atoms with Gasteiger partial charge in [-0.25, -0.2) is 0 Å². The Morgan fingerprint density at radius 3 is 2.73 bits per heavy atom. The fraction of sp³-hybridized carbons (Fsp3) is 0.909. The van der Waals surface area contributed by atoms with Crippen LogP contribution >= 0.6 is 27.7 Å². The quantitative estimate of drug-likeness (QED) is 0.663. The summed E-state index contributed by atoms with van der Waals surface area (Å²) in [7, 11) is 0. The molecule has 2 nitrogen and oxygen atoms in total. The number of hydrogen-bond acceptors (Lipinski definition) is 2. The topological polar surface area (TPSA) is 29.1 Å². The molecule has 1 N–H and O–H groups in total. The SMILES string of the molecule is CCCC(CCBr)CNC(=O)CCSC. The molecule has 0 aromatic heterocycles. The number of amides is 1. The summed E-state index contributed by atoms with van der Waals surface area (Å²) < 4.78 is 0. The van der Waals surface area contributed by atoms with Crippen molar-refractivity contribution in [3.63, 3.8) is 0 Å². The largest absolute Gasteiger partial charge is 0.356 e. The Balaban J connectivity index is 3.62. The van der Waals surface area contributed by atoms with Crippen LogP contribution in [0.15, 0.2) is 0 Å². The standard InChI is InChI=1S/C11H22BrNOS/c1-3-4-10(5-7-12)9-13-11(14)6-8-15-2/h10H,3-9H2,1-2H3,(H,13,14). The van der Waals surface area contributed by atoms with E-state index in [9.17, 15) is 4.79 Å². The summed E-state index contributed by atoms with van der Waals surface area (Å²) >= 11 is 5.17. The number of rotatable bonds is 9. The van der Waals surface area contributed by atoms with E-state index in [4.69, 9.17) is 0 Å². The molecule has 0 aliphatic rings. The van der Waals surface area contributed by atoms with Gasteiger partial charge in [0, 0.05) is 24.0 Å². The van der Waals surface area contributed by atoms with Gasteiger partial charge in [-0.05, 0) is 25.0 Å². The fourth-order valence-electron chi connectivity index (χ4n) is 1.45. The molecule has 0 fully saturated rings. The first-order valence-electron chi connectivity index (χ1n) is 5.56. The number of alkyl halides is 1. The molecule has 90 valence electrons. The Hall–Kier alpha value is 0.300. The fourth-order valence-corrected chi connectivity index (χ4v) is 2.49. The van der Waals surface area contributed by atoms with E-state index in [0.29, 0.717) is 12.3 Å². The zero-order valence-electron chi connectivity index (χ0n) is 9.72. The van der Waals surface area contributed by atoms with Crippen LogP contribution in [0.3, 0.4) is 0 Å². The maximum atomic E-state index is 11.4. The molecule has 1 amide bonds. The van der Waals surface area contributed by atoms with Crippen LogP contribution < -0.4 is 5.32 Å². The Morgan fingerprint density at radius 1 is 1.47 bits per heavy atom. The Kier molecular flexibility index (Phi) is 11.0. The monoisotopic (exact) mass is 295 g/mol. The predicted octanol–water partition coefficient (Wildman–Crippen LogP) is 3.06. The average molecular weight is 296 g/mol. The van der Waals surface area contributed by atoms with E-state index in [0.717, 1.165) is 24.0 Å². The first-order chi connectivity index (χ1) is 7.24. The average Bonchev–Trinajstić information content (AvgIpc) is 2.23. The van der Waals surface area contributed by atoms with Crippen molar-refractivity contribution < 1.29 is 4.79 Å². The lowest BCUT2D eigenvalue weighted by Crippen LogP contribution is -2.29. The van der Waals surface area contributed by atoms with Crippen molar-refractivity contribution in [2.75, 3.05) is 23.9 Å². The van der Waals surface area contributed by atoms with Crippen molar-refractivity contribution in [1.82, 2.24) is 5.32 Å². The first-order valence-corrected chi connectivity index (χ1v) is 8.07. The molecule has 0 aromatic carbocycles. The van der Waals surface area contributed by atoms with Crippen LogP contribution in [-0.4, -0.2) is 29.8 Å². The highest BCUT2D eigenvalue weighted by atomic mass is 79.9. The van der Waals surface area contributed by atoms with Crippen molar-refractivity contribution >= 4 is 33.6 Å². The number of thioether (sulfide) groups is 1. The second-order valence-electron chi connectivity index (χ2n) is 3.68. The third-order valence-electron chi connectivity index (χ3n) is 2.34. The maximum Gasteiger partial charge on any atom is 0.220 e. The summed E-state index contributed by atoms with van der Waals surface area (Å²) in [5.74, 6) is 1.75. The molecule has 0 rings (SSSR count). The molecular formula is C11H22BrNOS. The lowest BCUT2D eigenvalue weighted by Gasteiger charge is -2.15. The molecule has 0 radical (unpaired) electrons. The Labute approximate surface area is 106 Å². The second kappa shape index (κ2) is 10.8. The van der Waals surface area contributed by atoms with E-state index in [1.807, 2.05) is 6.26 Å². The van der Waals surface area contributed by atoms with Crippen LogP contribution in [0.4, 0.5) is 0 Å². The third kappa shape index (κ3) is 9.24. The molecule has 0 aliphatic carbocycles. The minimum Gasteiger partial charge on any atom is -0.356 e. The summed E-state index contributed by atoms with van der Waals surface area (Å²) in [5.41, 5.74) is 0. The van der Waals surface area contributed by atoms with E-state index in [2.05, 4.69) is 28.2 Å². The van der Waals surface area contributed by atoms with Crippen molar-refractivity contribution in [3.8, 4) is 0 Å². The summed E-state index contributed by atoms with van der Waals surface area (Å²) in [4.78, 5) is 11.4. The lowest BCUT2D eigenvalue weighted by molar-refractivity contribution is -0.120. The van der Waals surface area contributed by atoms with Gasteiger partial charge in [-0.2, -0.15) is 11.8 Å².